The number of nitrogens with zero attached hydrogens (tertiary/aromatic N) is 3. The van der Waals surface area contributed by atoms with Crippen LogP contribution in [0, 0.1) is 0 Å². The predicted molar refractivity (Wildman–Crippen MR) is 183 cm³/mol. The fraction of sp³-hybridized carbons (Fsp3) is 0.389. The monoisotopic (exact) mass is 662 g/mol. The van der Waals surface area contributed by atoms with Gasteiger partial charge in [-0.3, -0.25) is 9.88 Å². The highest BCUT2D eigenvalue weighted by atomic mass is 35.5. The van der Waals surface area contributed by atoms with Gasteiger partial charge in [-0.05, 0) is 56.0 Å². The average molecular weight is 664 g/mol. The summed E-state index contributed by atoms with van der Waals surface area (Å²) in [5, 5.41) is 14.4. The second-order valence-electron chi connectivity index (χ2n) is 12.0. The van der Waals surface area contributed by atoms with E-state index >= 15 is 0 Å². The van der Waals surface area contributed by atoms with Crippen LogP contribution >= 0.6 is 23.2 Å². The van der Waals surface area contributed by atoms with Crippen molar-refractivity contribution in [2.75, 3.05) is 40.5 Å². The number of nitrogens with one attached hydrogen (secondary N) is 1. The Morgan fingerprint density at radius 1 is 1.07 bits per heavy atom. The third kappa shape index (κ3) is 7.03. The molecule has 4 heterocycles. The zero-order chi connectivity index (χ0) is 32.2. The first-order valence-electron chi connectivity index (χ1n) is 15.8. The highest BCUT2D eigenvalue weighted by Crippen LogP contribution is 2.43. The Labute approximate surface area is 280 Å². The maximum Gasteiger partial charge on any atom is 0.218 e. The molecule has 2 aliphatic heterocycles. The van der Waals surface area contributed by atoms with Crippen molar-refractivity contribution in [2.45, 2.75) is 51.5 Å². The molecule has 2 aromatic heterocycles. The molecule has 1 fully saturated rings. The van der Waals surface area contributed by atoms with E-state index in [1.807, 2.05) is 49.4 Å². The van der Waals surface area contributed by atoms with E-state index in [0.717, 1.165) is 84.6 Å². The van der Waals surface area contributed by atoms with Gasteiger partial charge < -0.3 is 24.6 Å². The van der Waals surface area contributed by atoms with Crippen LogP contribution in [0.5, 0.6) is 11.6 Å². The average Bonchev–Trinajstić information content (AvgIpc) is 3.58. The van der Waals surface area contributed by atoms with Crippen molar-refractivity contribution in [3.8, 4) is 45.3 Å². The Balaban J connectivity index is 1.28. The molecule has 2 atom stereocenters. The van der Waals surface area contributed by atoms with Crippen LogP contribution in [-0.4, -0.2) is 72.6 Å². The lowest BCUT2D eigenvalue weighted by Gasteiger charge is -2.31. The first kappa shape index (κ1) is 32.7. The molecule has 2 N–H and O–H groups in total. The SMILES string of the molecule is COc1cc(-c2nccc(-c3cccc(-c4ccc(CNC[C@H]5CCCO5)c(OC)n4)c3Cl)c2Cl)cc2c1CN(C[C@H](C)O)CC2. The highest BCUT2D eigenvalue weighted by molar-refractivity contribution is 6.39. The van der Waals surface area contributed by atoms with Crippen molar-refractivity contribution in [1.29, 1.82) is 0 Å². The number of ether oxygens (including phenoxy) is 3. The van der Waals surface area contributed by atoms with Crippen molar-refractivity contribution >= 4 is 23.2 Å². The maximum atomic E-state index is 9.90. The number of hydrogen-bond donors (Lipinski definition) is 2. The van der Waals surface area contributed by atoms with Gasteiger partial charge in [0.15, 0.2) is 0 Å². The Morgan fingerprint density at radius 3 is 2.65 bits per heavy atom. The van der Waals surface area contributed by atoms with E-state index < -0.39 is 0 Å². The molecule has 0 spiro atoms. The number of rotatable bonds is 11. The van der Waals surface area contributed by atoms with Crippen LogP contribution in [-0.2, 0) is 24.2 Å². The normalized spacial score (nSPS) is 17.1. The number of β-amino-alcohol motifs (C(OH)–C–C–N with tert-alkyl or cyclic N) is 1. The summed E-state index contributed by atoms with van der Waals surface area (Å²) in [6.07, 6.45) is 4.69. The number of aliphatic hydroxyl groups is 1. The lowest BCUT2D eigenvalue weighted by Crippen LogP contribution is -2.35. The molecule has 0 unspecified atom stereocenters. The second-order valence-corrected chi connectivity index (χ2v) is 12.7. The fourth-order valence-corrected chi connectivity index (χ4v) is 7.08. The fourth-order valence-electron chi connectivity index (χ4n) is 6.43. The van der Waals surface area contributed by atoms with Crippen LogP contribution in [0.3, 0.4) is 0 Å². The standard InChI is InChI=1S/C36H40Cl2N4O4/c1-22(43)20-42-14-12-23-16-25(17-32(44-2)30(23)21-42)35-34(38)28(11-13-40-35)27-7-4-8-29(33(27)37)31-10-9-24(36(41-31)45-3)18-39-19-26-6-5-15-46-26/h4,7-11,13,16-17,22,26,39,43H,5-6,12,14-15,18-21H2,1-3H3/t22-,26+/m0/s1. The molecular formula is C36H40Cl2N4O4. The number of fused-ring (bicyclic) bond motifs is 1. The predicted octanol–water partition coefficient (Wildman–Crippen LogP) is 6.81. The molecule has 46 heavy (non-hydrogen) atoms. The quantitative estimate of drug-likeness (QED) is 0.181. The first-order chi connectivity index (χ1) is 22.4. The zero-order valence-corrected chi connectivity index (χ0v) is 28.0. The smallest absolute Gasteiger partial charge is 0.218 e. The summed E-state index contributed by atoms with van der Waals surface area (Å²) < 4.78 is 17.2. The number of hydrogen-bond acceptors (Lipinski definition) is 8. The summed E-state index contributed by atoms with van der Waals surface area (Å²) in [6, 6.07) is 15.9. The van der Waals surface area contributed by atoms with Gasteiger partial charge in [0.2, 0.25) is 5.88 Å². The number of aromatic nitrogens is 2. The molecule has 0 saturated carbocycles. The minimum absolute atomic E-state index is 0.266. The number of benzene rings is 2. The third-order valence-corrected chi connectivity index (χ3v) is 9.48. The summed E-state index contributed by atoms with van der Waals surface area (Å²) in [5.74, 6) is 1.34. The minimum Gasteiger partial charge on any atom is -0.496 e. The Hall–Kier alpha value is -3.24. The van der Waals surface area contributed by atoms with Crippen LogP contribution in [0.15, 0.2) is 54.7 Å². The summed E-state index contributed by atoms with van der Waals surface area (Å²) in [7, 11) is 3.31. The van der Waals surface area contributed by atoms with Crippen molar-refractivity contribution in [3.63, 3.8) is 0 Å². The van der Waals surface area contributed by atoms with Crippen LogP contribution in [0.4, 0.5) is 0 Å². The molecule has 1 saturated heterocycles. The molecule has 0 bridgehead atoms. The topological polar surface area (TPSA) is 89.0 Å². The van der Waals surface area contributed by atoms with Crippen molar-refractivity contribution < 1.29 is 19.3 Å². The van der Waals surface area contributed by atoms with E-state index in [2.05, 4.69) is 21.3 Å². The zero-order valence-electron chi connectivity index (χ0n) is 26.5. The molecule has 0 radical (unpaired) electrons. The van der Waals surface area contributed by atoms with Gasteiger partial charge in [-0.15, -0.1) is 0 Å². The van der Waals surface area contributed by atoms with Crippen molar-refractivity contribution in [1.82, 2.24) is 20.2 Å². The second kappa shape index (κ2) is 14.7. The molecular weight excluding hydrogens is 623 g/mol. The van der Waals surface area contributed by atoms with Crippen LogP contribution in [0.1, 0.15) is 36.5 Å². The number of halogens is 2. The summed E-state index contributed by atoms with van der Waals surface area (Å²) in [6.45, 7) is 6.29. The maximum absolute atomic E-state index is 9.90. The van der Waals surface area contributed by atoms with E-state index in [4.69, 9.17) is 42.4 Å². The van der Waals surface area contributed by atoms with E-state index in [1.54, 1.807) is 20.4 Å². The lowest BCUT2D eigenvalue weighted by atomic mass is 9.93. The summed E-state index contributed by atoms with van der Waals surface area (Å²) >= 11 is 14.2. The van der Waals surface area contributed by atoms with Gasteiger partial charge in [0, 0.05) is 78.9 Å². The largest absolute Gasteiger partial charge is 0.496 e. The highest BCUT2D eigenvalue weighted by Gasteiger charge is 2.24. The summed E-state index contributed by atoms with van der Waals surface area (Å²) in [4.78, 5) is 11.8. The number of aliphatic hydroxyl groups excluding tert-OH is 1. The molecule has 0 amide bonds. The Bertz CT molecular complexity index is 1680. The number of pyridine rings is 2. The van der Waals surface area contributed by atoms with Gasteiger partial charge >= 0.3 is 0 Å². The third-order valence-electron chi connectivity index (χ3n) is 8.69. The van der Waals surface area contributed by atoms with Crippen molar-refractivity contribution in [3.05, 3.63) is 81.5 Å². The van der Waals surface area contributed by atoms with Gasteiger partial charge in [-0.25, -0.2) is 4.98 Å². The molecule has 242 valence electrons. The van der Waals surface area contributed by atoms with E-state index in [0.29, 0.717) is 40.4 Å². The van der Waals surface area contributed by atoms with E-state index in [1.165, 1.54) is 5.56 Å². The van der Waals surface area contributed by atoms with Gasteiger partial charge in [0.05, 0.1) is 47.9 Å². The molecule has 4 aromatic rings. The molecule has 0 aliphatic carbocycles. The summed E-state index contributed by atoms with van der Waals surface area (Å²) in [5.41, 5.74) is 7.90. The van der Waals surface area contributed by atoms with E-state index in [-0.39, 0.29) is 12.2 Å². The molecule has 8 nitrogen and oxygen atoms in total. The number of methoxy groups -OCH3 is 2. The molecule has 2 aromatic carbocycles. The lowest BCUT2D eigenvalue weighted by molar-refractivity contribution is 0.110. The Morgan fingerprint density at radius 2 is 1.89 bits per heavy atom. The molecule has 10 heteroatoms. The van der Waals surface area contributed by atoms with Gasteiger partial charge in [0.1, 0.15) is 5.75 Å². The van der Waals surface area contributed by atoms with Gasteiger partial charge in [-0.2, -0.15) is 0 Å². The molecule has 2 aliphatic rings. The first-order valence-corrected chi connectivity index (χ1v) is 16.5. The van der Waals surface area contributed by atoms with Crippen LogP contribution < -0.4 is 14.8 Å². The van der Waals surface area contributed by atoms with Gasteiger partial charge in [0.25, 0.3) is 0 Å². The van der Waals surface area contributed by atoms with Crippen LogP contribution in [0.2, 0.25) is 10.0 Å². The van der Waals surface area contributed by atoms with Crippen molar-refractivity contribution in [2.24, 2.45) is 0 Å². The van der Waals surface area contributed by atoms with Crippen LogP contribution in [0.25, 0.3) is 33.6 Å². The molecule has 6 rings (SSSR count). The minimum atomic E-state index is -0.385. The Kier molecular flexibility index (Phi) is 10.4. The van der Waals surface area contributed by atoms with Gasteiger partial charge in [-0.1, -0.05) is 47.5 Å². The van der Waals surface area contributed by atoms with E-state index in [9.17, 15) is 5.11 Å².